The monoisotopic (exact) mass is 397 g/mol. The summed E-state index contributed by atoms with van der Waals surface area (Å²) >= 11 is 1.74. The van der Waals surface area contributed by atoms with E-state index in [1.165, 1.54) is 30.6 Å². The molecule has 0 spiro atoms. The molecule has 2 N–H and O–H groups in total. The third kappa shape index (κ3) is 5.25. The maximum atomic E-state index is 5.40. The third-order valence-corrected chi connectivity index (χ3v) is 5.89. The molecule has 0 radical (unpaired) electrons. The Hall–Kier alpha value is -2.54. The maximum absolute atomic E-state index is 5.40. The zero-order valence-electron chi connectivity index (χ0n) is 16.0. The van der Waals surface area contributed by atoms with E-state index in [0.29, 0.717) is 12.6 Å². The van der Waals surface area contributed by atoms with Crippen molar-refractivity contribution in [1.29, 1.82) is 0 Å². The molecule has 0 aromatic carbocycles. The fourth-order valence-corrected chi connectivity index (χ4v) is 4.16. The van der Waals surface area contributed by atoms with Crippen LogP contribution in [0, 0.1) is 0 Å². The molecule has 0 atom stereocenters. The van der Waals surface area contributed by atoms with Crippen LogP contribution < -0.4 is 10.6 Å². The lowest BCUT2D eigenvalue weighted by Crippen LogP contribution is -2.38. The first kappa shape index (κ1) is 18.8. The second-order valence-electron chi connectivity index (χ2n) is 7.08. The van der Waals surface area contributed by atoms with Gasteiger partial charge in [-0.1, -0.05) is 18.9 Å². The minimum Gasteiger partial charge on any atom is -0.469 e. The number of hydrogen-bond donors (Lipinski definition) is 2. The topological polar surface area (TPSA) is 67.4 Å². The minimum atomic E-state index is 0.570. The predicted molar refractivity (Wildman–Crippen MR) is 112 cm³/mol. The lowest BCUT2D eigenvalue weighted by atomic mass is 10.3. The van der Waals surface area contributed by atoms with E-state index in [1.807, 2.05) is 12.1 Å². The summed E-state index contributed by atoms with van der Waals surface area (Å²) in [7, 11) is 0. The number of nitrogens with zero attached hydrogens (tertiary/aromatic N) is 3. The largest absolute Gasteiger partial charge is 0.469 e. The summed E-state index contributed by atoms with van der Waals surface area (Å²) in [6, 6.07) is 10.8. The molecule has 6 nitrogen and oxygen atoms in total. The standard InChI is InChI=1S/C21H27N5OS/c1-2-6-18(5-1)26-12-10-17(25-26)15-23-21(24-16-20-8-4-14-28-20)22-11-9-19-7-3-13-27-19/h3-4,7-8,10,12-14,18H,1-2,5-6,9,11,15-16H2,(H2,22,23,24). The lowest BCUT2D eigenvalue weighted by molar-refractivity contribution is 0.463. The fraction of sp³-hybridized carbons (Fsp3) is 0.429. The van der Waals surface area contributed by atoms with Crippen molar-refractivity contribution in [2.75, 3.05) is 6.54 Å². The van der Waals surface area contributed by atoms with Gasteiger partial charge in [0.15, 0.2) is 5.96 Å². The molecule has 1 aliphatic rings. The van der Waals surface area contributed by atoms with Crippen molar-refractivity contribution in [2.45, 2.75) is 51.2 Å². The van der Waals surface area contributed by atoms with Crippen LogP contribution in [0.3, 0.4) is 0 Å². The van der Waals surface area contributed by atoms with Crippen molar-refractivity contribution in [1.82, 2.24) is 20.4 Å². The van der Waals surface area contributed by atoms with Crippen LogP contribution in [0.25, 0.3) is 0 Å². The van der Waals surface area contributed by atoms with Gasteiger partial charge in [-0.2, -0.15) is 5.10 Å². The molecule has 3 heterocycles. The second-order valence-corrected chi connectivity index (χ2v) is 8.11. The number of aromatic nitrogens is 2. The number of guanidine groups is 1. The third-order valence-electron chi connectivity index (χ3n) is 5.02. The average Bonchev–Trinajstić information content (AvgIpc) is 3.50. The highest BCUT2D eigenvalue weighted by atomic mass is 32.1. The van der Waals surface area contributed by atoms with Gasteiger partial charge in [-0.15, -0.1) is 11.3 Å². The zero-order chi connectivity index (χ0) is 19.0. The summed E-state index contributed by atoms with van der Waals surface area (Å²) < 4.78 is 7.53. The highest BCUT2D eigenvalue weighted by Crippen LogP contribution is 2.28. The molecule has 7 heteroatoms. The fourth-order valence-electron chi connectivity index (χ4n) is 3.51. The number of nitrogens with one attached hydrogen (secondary N) is 2. The Bertz CT molecular complexity index is 847. The van der Waals surface area contributed by atoms with Crippen LogP contribution in [-0.4, -0.2) is 22.3 Å². The van der Waals surface area contributed by atoms with E-state index >= 15 is 0 Å². The van der Waals surface area contributed by atoms with Gasteiger partial charge in [0, 0.05) is 24.0 Å². The van der Waals surface area contributed by atoms with Gasteiger partial charge >= 0.3 is 0 Å². The number of rotatable bonds is 8. The van der Waals surface area contributed by atoms with Crippen LogP contribution in [0.5, 0.6) is 0 Å². The lowest BCUT2D eigenvalue weighted by Gasteiger charge is -2.11. The molecule has 28 heavy (non-hydrogen) atoms. The van der Waals surface area contributed by atoms with Crippen molar-refractivity contribution in [3.05, 3.63) is 64.5 Å². The molecule has 0 aliphatic heterocycles. The molecule has 148 valence electrons. The Balaban J connectivity index is 1.34. The van der Waals surface area contributed by atoms with Crippen molar-refractivity contribution >= 4 is 17.3 Å². The second kappa shape index (κ2) is 9.59. The van der Waals surface area contributed by atoms with Gasteiger partial charge in [0.1, 0.15) is 5.76 Å². The quantitative estimate of drug-likeness (QED) is 0.443. The number of furan rings is 1. The van der Waals surface area contributed by atoms with Crippen molar-refractivity contribution < 1.29 is 4.42 Å². The molecular weight excluding hydrogens is 370 g/mol. The van der Waals surface area contributed by atoms with Crippen LogP contribution in [0.15, 0.2) is 57.6 Å². The summed E-state index contributed by atoms with van der Waals surface area (Å²) in [6.07, 6.45) is 9.74. The van der Waals surface area contributed by atoms with E-state index in [-0.39, 0.29) is 0 Å². The van der Waals surface area contributed by atoms with Crippen LogP contribution in [0.1, 0.15) is 48.1 Å². The number of thiophene rings is 1. The van der Waals surface area contributed by atoms with Gasteiger partial charge in [0.25, 0.3) is 0 Å². The van der Waals surface area contributed by atoms with Crippen molar-refractivity contribution in [2.24, 2.45) is 4.99 Å². The maximum Gasteiger partial charge on any atom is 0.191 e. The molecule has 3 aromatic heterocycles. The molecule has 0 saturated heterocycles. The molecule has 3 aromatic rings. The van der Waals surface area contributed by atoms with Gasteiger partial charge in [-0.3, -0.25) is 4.68 Å². The van der Waals surface area contributed by atoms with Crippen LogP contribution in [-0.2, 0) is 19.5 Å². The Labute approximate surface area is 169 Å². The molecule has 1 aliphatic carbocycles. The smallest absolute Gasteiger partial charge is 0.191 e. The van der Waals surface area contributed by atoms with Gasteiger partial charge in [-0.05, 0) is 42.5 Å². The molecule has 1 saturated carbocycles. The zero-order valence-corrected chi connectivity index (χ0v) is 16.8. The summed E-state index contributed by atoms with van der Waals surface area (Å²) in [6.45, 7) is 2.10. The van der Waals surface area contributed by atoms with Gasteiger partial charge < -0.3 is 15.1 Å². The number of aliphatic imine (C=N–C) groups is 1. The molecule has 4 rings (SSSR count). The van der Waals surface area contributed by atoms with Crippen molar-refractivity contribution in [3.63, 3.8) is 0 Å². The predicted octanol–water partition coefficient (Wildman–Crippen LogP) is 4.13. The van der Waals surface area contributed by atoms with E-state index in [4.69, 9.17) is 14.5 Å². The van der Waals surface area contributed by atoms with Gasteiger partial charge in [0.2, 0.25) is 0 Å². The first-order valence-electron chi connectivity index (χ1n) is 9.98. The van der Waals surface area contributed by atoms with E-state index in [9.17, 15) is 0 Å². The van der Waals surface area contributed by atoms with E-state index in [0.717, 1.165) is 36.9 Å². The van der Waals surface area contributed by atoms with Gasteiger partial charge in [-0.25, -0.2) is 4.99 Å². The van der Waals surface area contributed by atoms with Gasteiger partial charge in [0.05, 0.1) is 31.1 Å². The number of hydrogen-bond acceptors (Lipinski definition) is 4. The van der Waals surface area contributed by atoms with Crippen LogP contribution in [0.4, 0.5) is 0 Å². The van der Waals surface area contributed by atoms with Crippen LogP contribution >= 0.6 is 11.3 Å². The van der Waals surface area contributed by atoms with Crippen LogP contribution in [0.2, 0.25) is 0 Å². The highest BCUT2D eigenvalue weighted by molar-refractivity contribution is 7.09. The first-order chi connectivity index (χ1) is 13.9. The first-order valence-corrected chi connectivity index (χ1v) is 10.9. The Morgan fingerprint density at radius 2 is 2.14 bits per heavy atom. The SMILES string of the molecule is c1coc(CCNC(=NCc2ccn(C3CCCC3)n2)NCc2cccs2)c1. The summed E-state index contributed by atoms with van der Waals surface area (Å²) in [4.78, 5) is 6.03. The Kier molecular flexibility index (Phi) is 6.44. The molecule has 0 unspecified atom stereocenters. The molecule has 0 amide bonds. The van der Waals surface area contributed by atoms with Crippen molar-refractivity contribution in [3.8, 4) is 0 Å². The van der Waals surface area contributed by atoms with E-state index in [1.54, 1.807) is 17.6 Å². The Morgan fingerprint density at radius 1 is 1.21 bits per heavy atom. The summed E-state index contributed by atoms with van der Waals surface area (Å²) in [5.74, 6) is 1.77. The van der Waals surface area contributed by atoms with E-state index < -0.39 is 0 Å². The average molecular weight is 398 g/mol. The summed E-state index contributed by atoms with van der Waals surface area (Å²) in [5.41, 5.74) is 1.01. The van der Waals surface area contributed by atoms with E-state index in [2.05, 4.69) is 45.1 Å². The molecule has 1 fully saturated rings. The molecule has 0 bridgehead atoms. The molecular formula is C21H27N5OS. The normalized spacial score (nSPS) is 15.2. The summed E-state index contributed by atoms with van der Waals surface area (Å²) in [5, 5.41) is 13.6. The highest BCUT2D eigenvalue weighted by Gasteiger charge is 2.17. The Morgan fingerprint density at radius 3 is 2.93 bits per heavy atom. The minimum absolute atomic E-state index is 0.570.